The highest BCUT2D eigenvalue weighted by atomic mass is 79.9. The Morgan fingerprint density at radius 2 is 1.92 bits per heavy atom. The van der Waals surface area contributed by atoms with Crippen molar-refractivity contribution < 1.29 is 14.3 Å². The fourth-order valence-electron chi connectivity index (χ4n) is 2.18. The van der Waals surface area contributed by atoms with Crippen LogP contribution < -0.4 is 10.1 Å². The summed E-state index contributed by atoms with van der Waals surface area (Å²) in [6, 6.07) is 13.1. The minimum absolute atomic E-state index is 0.0337. The molecule has 0 aliphatic rings. The van der Waals surface area contributed by atoms with Gasteiger partial charge in [0, 0.05) is 17.2 Å². The highest BCUT2D eigenvalue weighted by Crippen LogP contribution is 2.18. The van der Waals surface area contributed by atoms with Crippen molar-refractivity contribution in [3.8, 4) is 5.75 Å². The van der Waals surface area contributed by atoms with Crippen LogP contribution >= 0.6 is 15.9 Å². The van der Waals surface area contributed by atoms with E-state index >= 15 is 0 Å². The SMILES string of the molecule is Cc1ccc(C)c(NC(=O)CN(C)C(=O)COc2cccc(Br)c2)c1. The zero-order valence-corrected chi connectivity index (χ0v) is 16.1. The monoisotopic (exact) mass is 404 g/mol. The number of anilines is 1. The van der Waals surface area contributed by atoms with E-state index in [1.54, 1.807) is 19.2 Å². The van der Waals surface area contributed by atoms with Crippen molar-refractivity contribution in [2.45, 2.75) is 13.8 Å². The van der Waals surface area contributed by atoms with Crippen molar-refractivity contribution in [1.82, 2.24) is 4.90 Å². The van der Waals surface area contributed by atoms with Crippen molar-refractivity contribution in [3.05, 3.63) is 58.1 Å². The third-order valence-corrected chi connectivity index (χ3v) is 4.13. The van der Waals surface area contributed by atoms with E-state index in [9.17, 15) is 9.59 Å². The smallest absolute Gasteiger partial charge is 0.260 e. The van der Waals surface area contributed by atoms with Crippen molar-refractivity contribution in [2.24, 2.45) is 0 Å². The number of likely N-dealkylation sites (N-methyl/N-ethyl adjacent to an activating group) is 1. The van der Waals surface area contributed by atoms with Gasteiger partial charge in [-0.05, 0) is 49.2 Å². The number of halogens is 1. The number of rotatable bonds is 6. The van der Waals surface area contributed by atoms with E-state index in [-0.39, 0.29) is 25.0 Å². The molecule has 0 spiro atoms. The van der Waals surface area contributed by atoms with E-state index in [1.165, 1.54) is 4.90 Å². The summed E-state index contributed by atoms with van der Waals surface area (Å²) in [7, 11) is 1.58. The largest absolute Gasteiger partial charge is 0.484 e. The molecule has 25 heavy (non-hydrogen) atoms. The van der Waals surface area contributed by atoms with Gasteiger partial charge in [0.15, 0.2) is 6.61 Å². The van der Waals surface area contributed by atoms with Gasteiger partial charge in [0.05, 0.1) is 6.54 Å². The third kappa shape index (κ3) is 5.90. The van der Waals surface area contributed by atoms with Crippen molar-refractivity contribution in [3.63, 3.8) is 0 Å². The van der Waals surface area contributed by atoms with Gasteiger partial charge in [0.1, 0.15) is 5.75 Å². The second-order valence-corrected chi connectivity index (χ2v) is 6.78. The normalized spacial score (nSPS) is 10.2. The number of benzene rings is 2. The van der Waals surface area contributed by atoms with E-state index in [0.717, 1.165) is 21.3 Å². The minimum Gasteiger partial charge on any atom is -0.484 e. The van der Waals surface area contributed by atoms with Gasteiger partial charge in [-0.3, -0.25) is 9.59 Å². The van der Waals surface area contributed by atoms with Crippen LogP contribution in [0.25, 0.3) is 0 Å². The average Bonchev–Trinajstić information content (AvgIpc) is 2.56. The predicted molar refractivity (Wildman–Crippen MR) is 102 cm³/mol. The van der Waals surface area contributed by atoms with E-state index in [1.807, 2.05) is 44.2 Å². The maximum absolute atomic E-state index is 12.2. The maximum atomic E-state index is 12.2. The van der Waals surface area contributed by atoms with E-state index in [4.69, 9.17) is 4.74 Å². The van der Waals surface area contributed by atoms with Gasteiger partial charge in [-0.1, -0.05) is 34.1 Å². The molecule has 2 amide bonds. The van der Waals surface area contributed by atoms with Gasteiger partial charge in [-0.2, -0.15) is 0 Å². The Kier molecular flexibility index (Phi) is 6.58. The first kappa shape index (κ1) is 19.0. The molecule has 0 saturated heterocycles. The molecule has 2 rings (SSSR count). The van der Waals surface area contributed by atoms with Crippen LogP contribution in [0.3, 0.4) is 0 Å². The summed E-state index contributed by atoms with van der Waals surface area (Å²) < 4.78 is 6.33. The molecule has 0 aromatic heterocycles. The number of hydrogen-bond donors (Lipinski definition) is 1. The molecule has 0 aliphatic heterocycles. The van der Waals surface area contributed by atoms with Gasteiger partial charge < -0.3 is 15.0 Å². The minimum atomic E-state index is -0.268. The molecular formula is C19H21BrN2O3. The molecule has 2 aromatic carbocycles. The second kappa shape index (κ2) is 8.67. The lowest BCUT2D eigenvalue weighted by atomic mass is 10.1. The van der Waals surface area contributed by atoms with Gasteiger partial charge in [-0.15, -0.1) is 0 Å². The molecule has 0 atom stereocenters. The third-order valence-electron chi connectivity index (χ3n) is 3.63. The number of carbonyl (C=O) groups is 2. The number of carbonyl (C=O) groups excluding carboxylic acids is 2. The lowest BCUT2D eigenvalue weighted by Gasteiger charge is -2.18. The number of nitrogens with zero attached hydrogens (tertiary/aromatic N) is 1. The molecule has 0 fully saturated rings. The van der Waals surface area contributed by atoms with Crippen LogP contribution in [0.4, 0.5) is 5.69 Å². The topological polar surface area (TPSA) is 58.6 Å². The fraction of sp³-hybridized carbons (Fsp3) is 0.263. The van der Waals surface area contributed by atoms with Crippen molar-refractivity contribution in [1.29, 1.82) is 0 Å². The highest BCUT2D eigenvalue weighted by Gasteiger charge is 2.14. The Labute approximate surface area is 156 Å². The quantitative estimate of drug-likeness (QED) is 0.800. The molecule has 5 nitrogen and oxygen atoms in total. The first-order valence-corrected chi connectivity index (χ1v) is 8.64. The van der Waals surface area contributed by atoms with Crippen LogP contribution in [-0.4, -0.2) is 36.9 Å². The van der Waals surface area contributed by atoms with Crippen LogP contribution in [0.5, 0.6) is 5.75 Å². The summed E-state index contributed by atoms with van der Waals surface area (Å²) in [5.74, 6) is 0.0825. The van der Waals surface area contributed by atoms with Gasteiger partial charge in [0.25, 0.3) is 5.91 Å². The zero-order valence-electron chi connectivity index (χ0n) is 14.5. The summed E-state index contributed by atoms with van der Waals surface area (Å²) in [6.45, 7) is 3.73. The molecule has 0 radical (unpaired) electrons. The Morgan fingerprint density at radius 3 is 2.64 bits per heavy atom. The molecule has 0 aliphatic carbocycles. The van der Waals surface area contributed by atoms with Crippen LogP contribution in [0.15, 0.2) is 46.9 Å². The molecule has 6 heteroatoms. The summed E-state index contributed by atoms with van der Waals surface area (Å²) in [6.07, 6.45) is 0. The number of aryl methyl sites for hydroxylation is 2. The van der Waals surface area contributed by atoms with Gasteiger partial charge in [0.2, 0.25) is 5.91 Å². The molecule has 0 heterocycles. The number of amides is 2. The molecular weight excluding hydrogens is 384 g/mol. The Morgan fingerprint density at radius 1 is 1.16 bits per heavy atom. The first-order chi connectivity index (χ1) is 11.8. The Bertz CT molecular complexity index is 777. The van der Waals surface area contributed by atoms with E-state index in [2.05, 4.69) is 21.2 Å². The van der Waals surface area contributed by atoms with E-state index < -0.39 is 0 Å². The van der Waals surface area contributed by atoms with Crippen LogP contribution in [0, 0.1) is 13.8 Å². The molecule has 0 unspecified atom stereocenters. The van der Waals surface area contributed by atoms with Crippen molar-refractivity contribution >= 4 is 33.4 Å². The molecule has 2 aromatic rings. The second-order valence-electron chi connectivity index (χ2n) is 5.86. The lowest BCUT2D eigenvalue weighted by Crippen LogP contribution is -2.37. The zero-order chi connectivity index (χ0) is 18.4. The molecule has 1 N–H and O–H groups in total. The average molecular weight is 405 g/mol. The first-order valence-electron chi connectivity index (χ1n) is 7.84. The Balaban J connectivity index is 1.85. The van der Waals surface area contributed by atoms with Crippen LogP contribution in [0.1, 0.15) is 11.1 Å². The lowest BCUT2D eigenvalue weighted by molar-refractivity contribution is -0.135. The number of ether oxygens (including phenoxy) is 1. The van der Waals surface area contributed by atoms with Crippen LogP contribution in [0.2, 0.25) is 0 Å². The summed E-state index contributed by atoms with van der Waals surface area (Å²) in [5, 5.41) is 2.84. The highest BCUT2D eigenvalue weighted by molar-refractivity contribution is 9.10. The van der Waals surface area contributed by atoms with Gasteiger partial charge in [-0.25, -0.2) is 0 Å². The van der Waals surface area contributed by atoms with Crippen LogP contribution in [-0.2, 0) is 9.59 Å². The Hall–Kier alpha value is -2.34. The summed E-state index contributed by atoms with van der Waals surface area (Å²) in [5.41, 5.74) is 2.80. The van der Waals surface area contributed by atoms with Crippen molar-refractivity contribution in [2.75, 3.05) is 25.5 Å². The predicted octanol–water partition coefficient (Wildman–Crippen LogP) is 3.54. The fourth-order valence-corrected chi connectivity index (χ4v) is 2.55. The maximum Gasteiger partial charge on any atom is 0.260 e. The summed E-state index contributed by atoms with van der Waals surface area (Å²) >= 11 is 3.34. The number of hydrogen-bond acceptors (Lipinski definition) is 3. The number of nitrogens with one attached hydrogen (secondary N) is 1. The molecule has 0 bridgehead atoms. The standard InChI is InChI=1S/C19H21BrN2O3/c1-13-7-8-14(2)17(9-13)21-18(23)11-22(3)19(24)12-25-16-6-4-5-15(20)10-16/h4-10H,11-12H2,1-3H3,(H,21,23). The molecule has 0 saturated carbocycles. The van der Waals surface area contributed by atoms with Gasteiger partial charge >= 0.3 is 0 Å². The summed E-state index contributed by atoms with van der Waals surface area (Å²) in [4.78, 5) is 25.6. The van der Waals surface area contributed by atoms with E-state index in [0.29, 0.717) is 5.75 Å². The molecule has 132 valence electrons.